The average Bonchev–Trinajstić information content (AvgIpc) is 3.33. The summed E-state index contributed by atoms with van der Waals surface area (Å²) in [5.41, 5.74) is 1.01. The van der Waals surface area contributed by atoms with Crippen LogP contribution in [-0.4, -0.2) is 94.3 Å². The zero-order valence-electron chi connectivity index (χ0n) is 32.6. The summed E-state index contributed by atoms with van der Waals surface area (Å²) in [7, 11) is -17.1. The standard InChI is InChI=1S/C28H62N5O8PSi6/c1-43(2,3)32-28-30-25-22(26(31-28)39-46(10,11)12)29-20-33(25)27-24(37-42(34,40-47(13,14)15)41-48(16,17)18)23(38-45(7,8)9)21(36-27)19-35-44(4,5)6/h20-21,23-24,27H,19H2,1-18H3,(H,30,31,32). The predicted molar refractivity (Wildman–Crippen MR) is 209 cm³/mol. The lowest BCUT2D eigenvalue weighted by Crippen LogP contribution is -2.46. The van der Waals surface area contributed by atoms with Crippen LogP contribution in [0.15, 0.2) is 6.33 Å². The maximum Gasteiger partial charge on any atom is 0.455 e. The maximum absolute atomic E-state index is 14.7. The fraction of sp³-hybridized carbons (Fsp3) is 0.821. The quantitative estimate of drug-likeness (QED) is 0.129. The molecule has 0 spiro atoms. The number of rotatable bonds is 16. The summed E-state index contributed by atoms with van der Waals surface area (Å²) < 4.78 is 62.3. The van der Waals surface area contributed by atoms with Crippen LogP contribution in [0.25, 0.3) is 11.2 Å². The molecule has 4 atom stereocenters. The normalized spacial score (nSPS) is 22.0. The number of aromatic nitrogens is 4. The molecule has 20 heteroatoms. The third-order valence-electron chi connectivity index (χ3n) is 6.03. The summed E-state index contributed by atoms with van der Waals surface area (Å²) in [4.78, 5) is 18.0. The van der Waals surface area contributed by atoms with Crippen molar-refractivity contribution < 1.29 is 35.5 Å². The first-order valence-electron chi connectivity index (χ1n) is 16.7. The highest BCUT2D eigenvalue weighted by atomic mass is 31.2. The van der Waals surface area contributed by atoms with Crippen LogP contribution in [0.2, 0.25) is 118 Å². The van der Waals surface area contributed by atoms with Gasteiger partial charge in [-0.15, -0.1) is 0 Å². The highest BCUT2D eigenvalue weighted by molar-refractivity contribution is 7.52. The van der Waals surface area contributed by atoms with Gasteiger partial charge in [-0.3, -0.25) is 9.09 Å². The molecule has 3 heterocycles. The van der Waals surface area contributed by atoms with E-state index in [0.29, 0.717) is 23.0 Å². The molecule has 276 valence electrons. The van der Waals surface area contributed by atoms with Crippen LogP contribution in [0.3, 0.4) is 0 Å². The molecule has 0 aromatic carbocycles. The molecule has 1 aliphatic rings. The Labute approximate surface area is 294 Å². The van der Waals surface area contributed by atoms with E-state index in [1.165, 1.54) is 0 Å². The largest absolute Gasteiger partial charge is 0.530 e. The minimum Gasteiger partial charge on any atom is -0.530 e. The fourth-order valence-electron chi connectivity index (χ4n) is 4.77. The molecule has 0 saturated carbocycles. The number of nitrogens with one attached hydrogen (secondary N) is 1. The third kappa shape index (κ3) is 13.2. The van der Waals surface area contributed by atoms with E-state index in [0.717, 1.165) is 0 Å². The lowest BCUT2D eigenvalue weighted by atomic mass is 10.1. The van der Waals surface area contributed by atoms with Crippen molar-refractivity contribution in [2.24, 2.45) is 0 Å². The van der Waals surface area contributed by atoms with E-state index in [1.807, 2.05) is 43.8 Å². The first-order valence-corrected chi connectivity index (χ1v) is 38.7. The minimum absolute atomic E-state index is 0.281. The summed E-state index contributed by atoms with van der Waals surface area (Å²) in [5.74, 6) is 0.868. The second-order valence-corrected chi connectivity index (χ2v) is 47.5. The lowest BCUT2D eigenvalue weighted by molar-refractivity contribution is -0.0470. The van der Waals surface area contributed by atoms with Gasteiger partial charge in [-0.25, -0.2) is 9.55 Å². The summed E-state index contributed by atoms with van der Waals surface area (Å²) >= 11 is 0. The lowest BCUT2D eigenvalue weighted by Gasteiger charge is -2.35. The van der Waals surface area contributed by atoms with Gasteiger partial charge in [-0.05, 0) is 98.2 Å². The van der Waals surface area contributed by atoms with E-state index >= 15 is 0 Å². The van der Waals surface area contributed by atoms with Gasteiger partial charge in [0, 0.05) is 0 Å². The van der Waals surface area contributed by atoms with Gasteiger partial charge in [-0.1, -0.05) is 19.6 Å². The van der Waals surface area contributed by atoms with Gasteiger partial charge in [0.05, 0.1) is 12.9 Å². The number of anilines is 1. The summed E-state index contributed by atoms with van der Waals surface area (Å²) in [6.45, 7) is 37.6. The summed E-state index contributed by atoms with van der Waals surface area (Å²) in [6.07, 6.45) is -1.29. The minimum atomic E-state index is -4.11. The molecule has 1 aliphatic heterocycles. The molecule has 1 saturated heterocycles. The zero-order valence-corrected chi connectivity index (χ0v) is 39.5. The van der Waals surface area contributed by atoms with Crippen molar-refractivity contribution in [1.82, 2.24) is 19.5 Å². The first-order chi connectivity index (χ1) is 21.3. The van der Waals surface area contributed by atoms with Crippen molar-refractivity contribution in [3.05, 3.63) is 6.33 Å². The van der Waals surface area contributed by atoms with Crippen molar-refractivity contribution in [3.63, 3.8) is 0 Å². The van der Waals surface area contributed by atoms with E-state index in [9.17, 15) is 4.57 Å². The Morgan fingerprint density at radius 3 is 1.79 bits per heavy atom. The highest BCUT2D eigenvalue weighted by Crippen LogP contribution is 2.58. The van der Waals surface area contributed by atoms with Gasteiger partial charge < -0.3 is 31.4 Å². The SMILES string of the molecule is C[Si](C)(C)Nc1nc(O[Si](C)(C)C)c2ncn(C3OC(CO[Si](C)(C)C)C(O[Si](C)(C)C)C3OP(=O)(O[Si](C)(C)C)O[Si](C)(C)C)c2n1. The van der Waals surface area contributed by atoms with Crippen molar-refractivity contribution in [1.29, 1.82) is 0 Å². The van der Waals surface area contributed by atoms with Gasteiger partial charge in [0.15, 0.2) is 50.7 Å². The van der Waals surface area contributed by atoms with Gasteiger partial charge in [0.1, 0.15) is 26.5 Å². The second-order valence-electron chi connectivity index (χ2n) is 18.4. The second kappa shape index (κ2) is 14.5. The Kier molecular flexibility index (Phi) is 12.6. The van der Waals surface area contributed by atoms with E-state index in [2.05, 4.69) is 83.5 Å². The number of nitrogens with zero attached hydrogens (tertiary/aromatic N) is 4. The summed E-state index contributed by atoms with van der Waals surface area (Å²) in [5, 5.41) is 0. The molecule has 13 nitrogen and oxygen atoms in total. The number of phosphoric acid groups is 1. The molecule has 2 aromatic rings. The number of imidazole rings is 1. The molecule has 3 rings (SSSR count). The van der Waals surface area contributed by atoms with Gasteiger partial charge in [0.2, 0.25) is 20.1 Å². The van der Waals surface area contributed by atoms with Gasteiger partial charge in [-0.2, -0.15) is 9.97 Å². The van der Waals surface area contributed by atoms with E-state index < -0.39 is 82.2 Å². The molecule has 0 bridgehead atoms. The molecule has 0 radical (unpaired) electrons. The van der Waals surface area contributed by atoms with E-state index in [4.69, 9.17) is 45.9 Å². The van der Waals surface area contributed by atoms with Crippen LogP contribution < -0.4 is 9.41 Å². The molecule has 4 unspecified atom stereocenters. The number of fused-ring (bicyclic) bond motifs is 1. The van der Waals surface area contributed by atoms with Crippen LogP contribution in [0.4, 0.5) is 5.95 Å². The number of hydrogen-bond donors (Lipinski definition) is 1. The molecule has 0 amide bonds. The zero-order chi connectivity index (χ0) is 36.9. The molecule has 48 heavy (non-hydrogen) atoms. The van der Waals surface area contributed by atoms with Crippen LogP contribution >= 0.6 is 7.82 Å². The highest BCUT2D eigenvalue weighted by Gasteiger charge is 2.54. The smallest absolute Gasteiger partial charge is 0.455 e. The van der Waals surface area contributed by atoms with Crippen molar-refractivity contribution in [2.45, 2.75) is 142 Å². The van der Waals surface area contributed by atoms with Crippen molar-refractivity contribution >= 4 is 74.8 Å². The predicted octanol–water partition coefficient (Wildman–Crippen LogP) is 8.45. The van der Waals surface area contributed by atoms with E-state index in [-0.39, 0.29) is 6.61 Å². The van der Waals surface area contributed by atoms with Gasteiger partial charge >= 0.3 is 7.82 Å². The molecular weight excluding hydrogens is 734 g/mol. The van der Waals surface area contributed by atoms with Crippen LogP contribution in [-0.2, 0) is 31.1 Å². The third-order valence-corrected chi connectivity index (χ3v) is 16.5. The Morgan fingerprint density at radius 1 is 0.771 bits per heavy atom. The number of hydrogen-bond acceptors (Lipinski definition) is 12. The van der Waals surface area contributed by atoms with Crippen LogP contribution in [0.5, 0.6) is 5.88 Å². The first kappa shape index (κ1) is 41.9. The van der Waals surface area contributed by atoms with Crippen molar-refractivity contribution in [3.8, 4) is 5.88 Å². The van der Waals surface area contributed by atoms with E-state index in [1.54, 1.807) is 6.33 Å². The maximum atomic E-state index is 14.7. The Bertz CT molecular complexity index is 1440. The van der Waals surface area contributed by atoms with Crippen LogP contribution in [0, 0.1) is 0 Å². The molecule has 2 aromatic heterocycles. The topological polar surface area (TPSA) is 137 Å². The fourth-order valence-corrected chi connectivity index (χ4v) is 14.8. The monoisotopic (exact) mass is 795 g/mol. The molecule has 1 fully saturated rings. The average molecular weight is 796 g/mol. The van der Waals surface area contributed by atoms with Gasteiger partial charge in [0.25, 0.3) is 0 Å². The Morgan fingerprint density at radius 2 is 1.33 bits per heavy atom. The molecule has 1 N–H and O–H groups in total. The molecular formula is C28H62N5O8PSi6. The molecule has 0 aliphatic carbocycles. The summed E-state index contributed by atoms with van der Waals surface area (Å²) in [6, 6.07) is 0. The van der Waals surface area contributed by atoms with Crippen LogP contribution in [0.1, 0.15) is 6.23 Å². The Hall–Kier alpha value is -0.559. The number of ether oxygens (including phenoxy) is 1. The van der Waals surface area contributed by atoms with Crippen molar-refractivity contribution in [2.75, 3.05) is 11.6 Å². The Balaban J connectivity index is 2.29.